The predicted octanol–water partition coefficient (Wildman–Crippen LogP) is 2.16. The average Bonchev–Trinajstić information content (AvgIpc) is 2.38. The number of likely N-dealkylation sites (N-methyl/N-ethyl adjacent to an activating group) is 1. The van der Waals surface area contributed by atoms with Crippen LogP contribution >= 0.6 is 0 Å². The van der Waals surface area contributed by atoms with Crippen LogP contribution in [0.5, 0.6) is 0 Å². The quantitative estimate of drug-likeness (QED) is 0.779. The van der Waals surface area contributed by atoms with Gasteiger partial charge in [0.2, 0.25) is 0 Å². The standard InChI is InChI=1S/C13H15N3/c1-16(13-5-3-2-4-6-13)10-7-12-11-14-8-9-15-12/h2-6,8-9,11H,7,10H2,1H3. The van der Waals surface area contributed by atoms with Gasteiger partial charge in [0.25, 0.3) is 0 Å². The Morgan fingerprint density at radius 2 is 1.94 bits per heavy atom. The van der Waals surface area contributed by atoms with Crippen molar-refractivity contribution in [2.24, 2.45) is 0 Å². The Kier molecular flexibility index (Phi) is 3.49. The van der Waals surface area contributed by atoms with E-state index < -0.39 is 0 Å². The summed E-state index contributed by atoms with van der Waals surface area (Å²) < 4.78 is 0. The van der Waals surface area contributed by atoms with Crippen molar-refractivity contribution in [1.29, 1.82) is 0 Å². The first-order valence-electron chi connectivity index (χ1n) is 5.37. The molecule has 0 radical (unpaired) electrons. The molecule has 0 aliphatic rings. The molecule has 0 bridgehead atoms. The van der Waals surface area contributed by atoms with Crippen molar-refractivity contribution < 1.29 is 0 Å². The summed E-state index contributed by atoms with van der Waals surface area (Å²) in [7, 11) is 2.09. The highest BCUT2D eigenvalue weighted by atomic mass is 15.1. The second-order valence-corrected chi connectivity index (χ2v) is 3.70. The van der Waals surface area contributed by atoms with E-state index in [-0.39, 0.29) is 0 Å². The van der Waals surface area contributed by atoms with Gasteiger partial charge in [0.05, 0.1) is 5.69 Å². The third kappa shape index (κ3) is 2.79. The molecule has 0 unspecified atom stereocenters. The summed E-state index contributed by atoms with van der Waals surface area (Å²) in [4.78, 5) is 10.5. The fourth-order valence-corrected chi connectivity index (χ4v) is 1.55. The molecule has 0 N–H and O–H groups in total. The summed E-state index contributed by atoms with van der Waals surface area (Å²) in [6.07, 6.45) is 6.17. The summed E-state index contributed by atoms with van der Waals surface area (Å²) in [6, 6.07) is 10.3. The molecule has 0 atom stereocenters. The van der Waals surface area contributed by atoms with Crippen molar-refractivity contribution in [1.82, 2.24) is 9.97 Å². The number of anilines is 1. The molecule has 1 heterocycles. The van der Waals surface area contributed by atoms with Crippen LogP contribution in [0.3, 0.4) is 0 Å². The Morgan fingerprint density at radius 1 is 1.12 bits per heavy atom. The molecule has 3 nitrogen and oxygen atoms in total. The fourth-order valence-electron chi connectivity index (χ4n) is 1.55. The fraction of sp³-hybridized carbons (Fsp3) is 0.231. The van der Waals surface area contributed by atoms with Gasteiger partial charge in [-0.15, -0.1) is 0 Å². The van der Waals surface area contributed by atoms with Gasteiger partial charge in [-0.1, -0.05) is 18.2 Å². The van der Waals surface area contributed by atoms with Crippen LogP contribution in [0, 0.1) is 0 Å². The highest BCUT2D eigenvalue weighted by molar-refractivity contribution is 5.44. The lowest BCUT2D eigenvalue weighted by atomic mass is 10.2. The van der Waals surface area contributed by atoms with Crippen molar-refractivity contribution in [3.8, 4) is 0 Å². The van der Waals surface area contributed by atoms with Gasteiger partial charge in [0.15, 0.2) is 0 Å². The molecule has 0 amide bonds. The Balaban J connectivity index is 1.92. The summed E-state index contributed by atoms with van der Waals surface area (Å²) in [6.45, 7) is 0.947. The SMILES string of the molecule is CN(CCc1cnccn1)c1ccccc1. The number of nitrogens with zero attached hydrogens (tertiary/aromatic N) is 3. The molecule has 2 aromatic rings. The molecule has 16 heavy (non-hydrogen) atoms. The largest absolute Gasteiger partial charge is 0.374 e. The van der Waals surface area contributed by atoms with E-state index in [1.807, 2.05) is 24.4 Å². The van der Waals surface area contributed by atoms with Crippen molar-refractivity contribution >= 4 is 5.69 Å². The Hall–Kier alpha value is -1.90. The zero-order valence-corrected chi connectivity index (χ0v) is 9.37. The number of rotatable bonds is 4. The van der Waals surface area contributed by atoms with Gasteiger partial charge in [0, 0.05) is 44.3 Å². The average molecular weight is 213 g/mol. The molecule has 0 saturated heterocycles. The van der Waals surface area contributed by atoms with E-state index in [4.69, 9.17) is 0 Å². The van der Waals surface area contributed by atoms with E-state index in [0.717, 1.165) is 18.7 Å². The summed E-state index contributed by atoms with van der Waals surface area (Å²) >= 11 is 0. The molecular formula is C13H15N3. The molecule has 2 rings (SSSR count). The second kappa shape index (κ2) is 5.26. The van der Waals surface area contributed by atoms with Gasteiger partial charge in [-0.25, -0.2) is 0 Å². The van der Waals surface area contributed by atoms with Crippen molar-refractivity contribution in [2.75, 3.05) is 18.5 Å². The Bertz CT molecular complexity index is 414. The number of para-hydroxylation sites is 1. The van der Waals surface area contributed by atoms with Crippen LogP contribution in [-0.2, 0) is 6.42 Å². The molecule has 82 valence electrons. The van der Waals surface area contributed by atoms with Crippen molar-refractivity contribution in [2.45, 2.75) is 6.42 Å². The third-order valence-electron chi connectivity index (χ3n) is 2.52. The van der Waals surface area contributed by atoms with Gasteiger partial charge in [0.1, 0.15) is 0 Å². The summed E-state index contributed by atoms with van der Waals surface area (Å²) in [5, 5.41) is 0. The highest BCUT2D eigenvalue weighted by Gasteiger charge is 2.00. The lowest BCUT2D eigenvalue weighted by molar-refractivity contribution is 0.845. The maximum Gasteiger partial charge on any atom is 0.0604 e. The topological polar surface area (TPSA) is 29.0 Å². The zero-order chi connectivity index (χ0) is 11.2. The molecule has 0 spiro atoms. The van der Waals surface area contributed by atoms with Crippen LogP contribution < -0.4 is 4.90 Å². The maximum atomic E-state index is 4.26. The van der Waals surface area contributed by atoms with E-state index in [1.165, 1.54) is 5.69 Å². The maximum absolute atomic E-state index is 4.26. The molecule has 3 heteroatoms. The first-order valence-corrected chi connectivity index (χ1v) is 5.37. The van der Waals surface area contributed by atoms with Gasteiger partial charge < -0.3 is 4.90 Å². The normalized spacial score (nSPS) is 10.1. The molecule has 0 aliphatic carbocycles. The van der Waals surface area contributed by atoms with Crippen LogP contribution in [0.4, 0.5) is 5.69 Å². The molecule has 1 aromatic carbocycles. The molecule has 0 saturated carbocycles. The van der Waals surface area contributed by atoms with Gasteiger partial charge in [-0.2, -0.15) is 0 Å². The predicted molar refractivity (Wildman–Crippen MR) is 65.4 cm³/mol. The Labute approximate surface area is 95.8 Å². The third-order valence-corrected chi connectivity index (χ3v) is 2.52. The van der Waals surface area contributed by atoms with Crippen LogP contribution in [-0.4, -0.2) is 23.6 Å². The minimum atomic E-state index is 0.916. The first kappa shape index (κ1) is 10.6. The van der Waals surface area contributed by atoms with E-state index >= 15 is 0 Å². The van der Waals surface area contributed by atoms with E-state index in [0.29, 0.717) is 0 Å². The minimum absolute atomic E-state index is 0.916. The van der Waals surface area contributed by atoms with Gasteiger partial charge in [-0.3, -0.25) is 9.97 Å². The van der Waals surface area contributed by atoms with Crippen molar-refractivity contribution in [3.05, 3.63) is 54.6 Å². The van der Waals surface area contributed by atoms with Gasteiger partial charge >= 0.3 is 0 Å². The van der Waals surface area contributed by atoms with Crippen LogP contribution in [0.15, 0.2) is 48.9 Å². The number of benzene rings is 1. The number of hydrogen-bond acceptors (Lipinski definition) is 3. The number of hydrogen-bond donors (Lipinski definition) is 0. The summed E-state index contributed by atoms with van der Waals surface area (Å²) in [5.74, 6) is 0. The van der Waals surface area contributed by atoms with E-state index in [1.54, 1.807) is 12.4 Å². The monoisotopic (exact) mass is 213 g/mol. The van der Waals surface area contributed by atoms with Gasteiger partial charge in [-0.05, 0) is 12.1 Å². The smallest absolute Gasteiger partial charge is 0.0604 e. The van der Waals surface area contributed by atoms with E-state index in [2.05, 4.69) is 34.0 Å². The van der Waals surface area contributed by atoms with Crippen LogP contribution in [0.25, 0.3) is 0 Å². The lowest BCUT2D eigenvalue weighted by Crippen LogP contribution is -2.20. The number of aromatic nitrogens is 2. The zero-order valence-electron chi connectivity index (χ0n) is 9.37. The minimum Gasteiger partial charge on any atom is -0.374 e. The molecule has 1 aromatic heterocycles. The van der Waals surface area contributed by atoms with Crippen LogP contribution in [0.1, 0.15) is 5.69 Å². The molecule has 0 aliphatic heterocycles. The lowest BCUT2D eigenvalue weighted by Gasteiger charge is -2.18. The Morgan fingerprint density at radius 3 is 2.62 bits per heavy atom. The van der Waals surface area contributed by atoms with E-state index in [9.17, 15) is 0 Å². The molecule has 0 fully saturated rings. The van der Waals surface area contributed by atoms with Crippen molar-refractivity contribution in [3.63, 3.8) is 0 Å². The highest BCUT2D eigenvalue weighted by Crippen LogP contribution is 2.10. The van der Waals surface area contributed by atoms with Crippen LogP contribution in [0.2, 0.25) is 0 Å². The first-order chi connectivity index (χ1) is 7.86. The summed E-state index contributed by atoms with van der Waals surface area (Å²) in [5.41, 5.74) is 2.26. The second-order valence-electron chi connectivity index (χ2n) is 3.70. The molecular weight excluding hydrogens is 198 g/mol.